The first kappa shape index (κ1) is 18.8. The van der Waals surface area contributed by atoms with Gasteiger partial charge in [-0.1, -0.05) is 5.16 Å². The minimum atomic E-state index is -5.08. The van der Waals surface area contributed by atoms with Gasteiger partial charge >= 0.3 is 12.1 Å². The quantitative estimate of drug-likeness (QED) is 0.747. The average molecular weight is 354 g/mol. The molecule has 0 amide bonds. The number of carboxylic acid groups (broad SMARTS) is 1. The largest absolute Gasteiger partial charge is 0.490 e. The van der Waals surface area contributed by atoms with E-state index < -0.39 is 12.1 Å². The molecule has 0 spiro atoms. The van der Waals surface area contributed by atoms with E-state index in [0.29, 0.717) is 43.9 Å². The fraction of sp³-hybridized carbons (Fsp3) is 0.857. The van der Waals surface area contributed by atoms with E-state index in [1.54, 1.807) is 0 Å². The van der Waals surface area contributed by atoms with Gasteiger partial charge in [-0.05, 0) is 25.7 Å². The van der Waals surface area contributed by atoms with Crippen molar-refractivity contribution in [3.8, 4) is 0 Å². The summed E-state index contributed by atoms with van der Waals surface area (Å²) >= 11 is 0. The van der Waals surface area contributed by atoms with Gasteiger partial charge in [0.15, 0.2) is 0 Å². The van der Waals surface area contributed by atoms with Crippen molar-refractivity contribution in [2.24, 2.45) is 5.16 Å². The third-order valence-corrected chi connectivity index (χ3v) is 3.95. The summed E-state index contributed by atoms with van der Waals surface area (Å²) in [6.07, 6.45) is 1.06. The van der Waals surface area contributed by atoms with Crippen LogP contribution in [0.2, 0.25) is 0 Å². The van der Waals surface area contributed by atoms with Gasteiger partial charge in [-0.25, -0.2) is 4.79 Å². The predicted octanol–water partition coefficient (Wildman–Crippen LogP) is 1.67. The number of piperidine rings is 1. The van der Waals surface area contributed by atoms with Gasteiger partial charge in [0, 0.05) is 12.1 Å². The van der Waals surface area contributed by atoms with Crippen molar-refractivity contribution in [2.45, 2.75) is 56.5 Å². The normalized spacial score (nSPS) is 28.5. The number of rotatable bonds is 4. The van der Waals surface area contributed by atoms with Crippen LogP contribution in [0.5, 0.6) is 0 Å². The SMILES string of the molecule is C1CC(OCCOC2CC3CCC(C2)N3)=NO1.O=C(O)C(F)(F)F. The van der Waals surface area contributed by atoms with Gasteiger partial charge in [-0.3, -0.25) is 0 Å². The van der Waals surface area contributed by atoms with Crippen LogP contribution in [0.1, 0.15) is 32.1 Å². The molecular formula is C14H21F3N2O5. The Bertz CT molecular complexity index is 446. The summed E-state index contributed by atoms with van der Waals surface area (Å²) in [4.78, 5) is 13.8. The third kappa shape index (κ3) is 6.16. The summed E-state index contributed by atoms with van der Waals surface area (Å²) in [6, 6.07) is 1.37. The highest BCUT2D eigenvalue weighted by atomic mass is 19.4. The van der Waals surface area contributed by atoms with Gasteiger partial charge in [0.25, 0.3) is 0 Å². The summed E-state index contributed by atoms with van der Waals surface area (Å²) in [6.45, 7) is 1.89. The van der Waals surface area contributed by atoms with E-state index in [-0.39, 0.29) is 0 Å². The van der Waals surface area contributed by atoms with Gasteiger partial charge in [0.1, 0.15) is 13.2 Å². The molecule has 3 aliphatic rings. The van der Waals surface area contributed by atoms with E-state index in [0.717, 1.165) is 19.3 Å². The predicted molar refractivity (Wildman–Crippen MR) is 76.6 cm³/mol. The molecule has 0 aliphatic carbocycles. The van der Waals surface area contributed by atoms with E-state index in [9.17, 15) is 13.2 Å². The molecular weight excluding hydrogens is 333 g/mol. The number of alkyl halides is 3. The fourth-order valence-electron chi connectivity index (χ4n) is 2.91. The highest BCUT2D eigenvalue weighted by molar-refractivity contribution is 5.76. The number of carbonyl (C=O) groups is 1. The first-order valence-electron chi connectivity index (χ1n) is 7.84. The van der Waals surface area contributed by atoms with Crippen LogP contribution in [-0.2, 0) is 19.1 Å². The van der Waals surface area contributed by atoms with Crippen molar-refractivity contribution in [3.63, 3.8) is 0 Å². The Kier molecular flexibility index (Phi) is 6.67. The zero-order valence-corrected chi connectivity index (χ0v) is 13.1. The first-order chi connectivity index (χ1) is 11.3. The van der Waals surface area contributed by atoms with Crippen molar-refractivity contribution >= 4 is 11.9 Å². The van der Waals surface area contributed by atoms with E-state index in [1.165, 1.54) is 12.8 Å². The van der Waals surface area contributed by atoms with Gasteiger partial charge in [-0.15, -0.1) is 0 Å². The molecule has 3 heterocycles. The molecule has 2 atom stereocenters. The van der Waals surface area contributed by atoms with E-state index in [4.69, 9.17) is 24.2 Å². The molecule has 2 fully saturated rings. The molecule has 0 aromatic rings. The Morgan fingerprint density at radius 3 is 2.42 bits per heavy atom. The van der Waals surface area contributed by atoms with Gasteiger partial charge in [0.05, 0.1) is 19.1 Å². The molecule has 0 aromatic carbocycles. The maximum Gasteiger partial charge on any atom is 0.490 e. The number of aliphatic carboxylic acids is 1. The minimum Gasteiger partial charge on any atom is -0.476 e. The van der Waals surface area contributed by atoms with Crippen LogP contribution < -0.4 is 5.32 Å². The van der Waals surface area contributed by atoms with Crippen molar-refractivity contribution in [1.82, 2.24) is 5.32 Å². The molecule has 2 unspecified atom stereocenters. The number of oxime groups is 1. The molecule has 2 bridgehead atoms. The molecule has 10 heteroatoms. The zero-order chi connectivity index (χ0) is 17.6. The summed E-state index contributed by atoms with van der Waals surface area (Å²) in [5, 5.41) is 14.5. The van der Waals surface area contributed by atoms with Crippen LogP contribution in [0, 0.1) is 0 Å². The highest BCUT2D eigenvalue weighted by Gasteiger charge is 2.38. The monoisotopic (exact) mass is 354 g/mol. The van der Waals surface area contributed by atoms with E-state index in [2.05, 4.69) is 10.5 Å². The lowest BCUT2D eigenvalue weighted by atomic mass is 10.0. The second-order valence-corrected chi connectivity index (χ2v) is 5.82. The standard InChI is InChI=1S/C12H20N2O3.C2HF3O2/c1-2-10-8-11(7-9(1)13-10)15-5-6-16-12-3-4-17-14-12;3-2(4,5)1(6)7/h9-11,13H,1-8H2;(H,6,7). The first-order valence-corrected chi connectivity index (χ1v) is 7.84. The minimum absolute atomic E-state index is 0.416. The molecule has 24 heavy (non-hydrogen) atoms. The highest BCUT2D eigenvalue weighted by Crippen LogP contribution is 2.28. The summed E-state index contributed by atoms with van der Waals surface area (Å²) < 4.78 is 43.0. The molecule has 7 nitrogen and oxygen atoms in total. The molecule has 3 rings (SSSR count). The number of hydrogen-bond acceptors (Lipinski definition) is 6. The topological polar surface area (TPSA) is 89.4 Å². The number of fused-ring (bicyclic) bond motifs is 2. The summed E-state index contributed by atoms with van der Waals surface area (Å²) in [7, 11) is 0. The Labute approximate surface area is 137 Å². The molecule has 2 N–H and O–H groups in total. The molecule has 0 radical (unpaired) electrons. The van der Waals surface area contributed by atoms with Gasteiger partial charge in [-0.2, -0.15) is 13.2 Å². The Morgan fingerprint density at radius 2 is 1.92 bits per heavy atom. The maximum atomic E-state index is 10.6. The fourth-order valence-corrected chi connectivity index (χ4v) is 2.91. The number of carboxylic acids is 1. The molecule has 0 saturated carbocycles. The number of nitrogens with one attached hydrogen (secondary N) is 1. The lowest BCUT2D eigenvalue weighted by Gasteiger charge is -2.29. The van der Waals surface area contributed by atoms with Crippen molar-refractivity contribution < 1.29 is 37.4 Å². The zero-order valence-electron chi connectivity index (χ0n) is 13.1. The van der Waals surface area contributed by atoms with Gasteiger partial charge < -0.3 is 24.7 Å². The van der Waals surface area contributed by atoms with Crippen molar-refractivity contribution in [3.05, 3.63) is 0 Å². The lowest BCUT2D eigenvalue weighted by Crippen LogP contribution is -2.41. The number of nitrogens with zero attached hydrogens (tertiary/aromatic N) is 1. The second kappa shape index (κ2) is 8.52. The van der Waals surface area contributed by atoms with Crippen LogP contribution >= 0.6 is 0 Å². The van der Waals surface area contributed by atoms with E-state index in [1.807, 2.05) is 0 Å². The molecule has 0 aromatic heterocycles. The van der Waals surface area contributed by atoms with Crippen molar-refractivity contribution in [1.29, 1.82) is 0 Å². The number of halogens is 3. The van der Waals surface area contributed by atoms with Crippen molar-refractivity contribution in [2.75, 3.05) is 19.8 Å². The smallest absolute Gasteiger partial charge is 0.476 e. The second-order valence-electron chi connectivity index (χ2n) is 5.82. The number of hydrogen-bond donors (Lipinski definition) is 2. The van der Waals surface area contributed by atoms with Crippen LogP contribution in [0.3, 0.4) is 0 Å². The lowest BCUT2D eigenvalue weighted by molar-refractivity contribution is -0.192. The third-order valence-electron chi connectivity index (χ3n) is 3.95. The van der Waals surface area contributed by atoms with Crippen LogP contribution in [0.15, 0.2) is 5.16 Å². The summed E-state index contributed by atoms with van der Waals surface area (Å²) in [5.74, 6) is -2.05. The average Bonchev–Trinajstić information content (AvgIpc) is 3.13. The van der Waals surface area contributed by atoms with Crippen LogP contribution in [-0.4, -0.2) is 61.2 Å². The van der Waals surface area contributed by atoms with E-state index >= 15 is 0 Å². The molecule has 3 aliphatic heterocycles. The molecule has 2 saturated heterocycles. The maximum absolute atomic E-state index is 10.6. The Balaban J connectivity index is 0.000000256. The summed E-state index contributed by atoms with van der Waals surface area (Å²) in [5.41, 5.74) is 0. The Morgan fingerprint density at radius 1 is 1.29 bits per heavy atom. The Hall–Kier alpha value is -1.55. The van der Waals surface area contributed by atoms with Crippen LogP contribution in [0.25, 0.3) is 0 Å². The number of ether oxygens (including phenoxy) is 2. The van der Waals surface area contributed by atoms with Crippen LogP contribution in [0.4, 0.5) is 13.2 Å². The van der Waals surface area contributed by atoms with Gasteiger partial charge in [0.2, 0.25) is 5.90 Å². The molecule has 138 valence electrons.